The highest BCUT2D eigenvalue weighted by Gasteiger charge is 2.19. The summed E-state index contributed by atoms with van der Waals surface area (Å²) in [6.45, 7) is 0.492. The molecule has 28 heavy (non-hydrogen) atoms. The molecule has 0 saturated heterocycles. The van der Waals surface area contributed by atoms with Gasteiger partial charge in [-0.15, -0.1) is 11.3 Å². The molecule has 1 atom stereocenters. The van der Waals surface area contributed by atoms with Crippen LogP contribution >= 0.6 is 11.3 Å². The molecule has 2 aromatic carbocycles. The van der Waals surface area contributed by atoms with Crippen molar-refractivity contribution < 1.29 is 19.4 Å². The van der Waals surface area contributed by atoms with E-state index >= 15 is 0 Å². The Morgan fingerprint density at radius 3 is 2.61 bits per heavy atom. The first-order chi connectivity index (χ1) is 13.5. The Kier molecular flexibility index (Phi) is 6.66. The first-order valence-electron chi connectivity index (χ1n) is 9.18. The monoisotopic (exact) mass is 397 g/mol. The third kappa shape index (κ3) is 5.10. The van der Waals surface area contributed by atoms with E-state index in [1.807, 2.05) is 47.8 Å². The molecule has 0 bridgehead atoms. The number of hydrogen-bond acceptors (Lipinski definition) is 4. The van der Waals surface area contributed by atoms with Crippen LogP contribution in [0.4, 0.5) is 0 Å². The molecule has 0 unspecified atom stereocenters. The molecule has 1 aromatic heterocycles. The molecule has 5 nitrogen and oxygen atoms in total. The van der Waals surface area contributed by atoms with Gasteiger partial charge < -0.3 is 14.7 Å². The van der Waals surface area contributed by atoms with Crippen LogP contribution in [0.1, 0.15) is 30.2 Å². The van der Waals surface area contributed by atoms with E-state index in [-0.39, 0.29) is 24.9 Å². The number of nitrogens with zero attached hydrogens (tertiary/aromatic N) is 1. The van der Waals surface area contributed by atoms with Crippen molar-refractivity contribution in [3.63, 3.8) is 0 Å². The van der Waals surface area contributed by atoms with Crippen LogP contribution in [0.5, 0.6) is 5.75 Å². The quantitative estimate of drug-likeness (QED) is 0.567. The number of aliphatic carboxylic acids is 1. The minimum Gasteiger partial charge on any atom is -0.484 e. The first kappa shape index (κ1) is 19.9. The van der Waals surface area contributed by atoms with Gasteiger partial charge in [-0.1, -0.05) is 42.5 Å². The summed E-state index contributed by atoms with van der Waals surface area (Å²) < 4.78 is 6.38. The van der Waals surface area contributed by atoms with E-state index in [2.05, 4.69) is 12.1 Å². The van der Waals surface area contributed by atoms with Gasteiger partial charge in [0.1, 0.15) is 11.9 Å². The number of rotatable bonds is 9. The molecule has 146 valence electrons. The molecule has 1 amide bonds. The lowest BCUT2D eigenvalue weighted by Gasteiger charge is -2.23. The maximum absolute atomic E-state index is 12.1. The van der Waals surface area contributed by atoms with Crippen molar-refractivity contribution in [1.29, 1.82) is 0 Å². The van der Waals surface area contributed by atoms with Gasteiger partial charge in [0.05, 0.1) is 6.42 Å². The van der Waals surface area contributed by atoms with E-state index in [9.17, 15) is 9.59 Å². The van der Waals surface area contributed by atoms with Gasteiger partial charge in [-0.3, -0.25) is 9.59 Å². The second-order valence-corrected chi connectivity index (χ2v) is 7.58. The van der Waals surface area contributed by atoms with Gasteiger partial charge in [-0.2, -0.15) is 0 Å². The highest BCUT2D eigenvalue weighted by Crippen LogP contribution is 2.32. The number of fused-ring (bicyclic) bond motifs is 1. The Bertz CT molecular complexity index is 933. The van der Waals surface area contributed by atoms with Crippen molar-refractivity contribution in [1.82, 2.24) is 4.90 Å². The van der Waals surface area contributed by atoms with Gasteiger partial charge in [0.15, 0.2) is 0 Å². The van der Waals surface area contributed by atoms with Crippen molar-refractivity contribution in [3.8, 4) is 5.75 Å². The lowest BCUT2D eigenvalue weighted by atomic mass is 10.1. The van der Waals surface area contributed by atoms with Crippen molar-refractivity contribution in [3.05, 3.63) is 64.9 Å². The summed E-state index contributed by atoms with van der Waals surface area (Å²) in [5.74, 6) is -0.314. The molecule has 1 heterocycles. The number of thiophene rings is 1. The summed E-state index contributed by atoms with van der Waals surface area (Å²) in [6.07, 6.45) is 0.309. The Hall–Kier alpha value is -2.86. The average Bonchev–Trinajstić information content (AvgIpc) is 3.23. The molecule has 0 saturated carbocycles. The Balaban J connectivity index is 1.72. The first-order valence-corrected chi connectivity index (χ1v) is 10.1. The molecular formula is C22H23NO4S. The number of amides is 1. The van der Waals surface area contributed by atoms with E-state index in [0.717, 1.165) is 21.4 Å². The summed E-state index contributed by atoms with van der Waals surface area (Å²) in [5.41, 5.74) is 0. The van der Waals surface area contributed by atoms with Crippen LogP contribution in [0.15, 0.2) is 60.0 Å². The third-order valence-electron chi connectivity index (χ3n) is 4.58. The van der Waals surface area contributed by atoms with Crippen LogP contribution in [0.2, 0.25) is 0 Å². The summed E-state index contributed by atoms with van der Waals surface area (Å²) in [6, 6.07) is 18.1. The van der Waals surface area contributed by atoms with Crippen LogP contribution in [0.3, 0.4) is 0 Å². The standard InChI is InChI=1S/C22H23NO4S/c1-23(21(24)11-12-22(25)26)14-13-19(20-10-5-15-28-20)27-18-9-4-7-16-6-2-3-8-17(16)18/h2-10,15,19H,11-14H2,1H3,(H,25,26)/t19-/m1/s1. The lowest BCUT2D eigenvalue weighted by Crippen LogP contribution is -2.29. The van der Waals surface area contributed by atoms with E-state index < -0.39 is 5.97 Å². The van der Waals surface area contributed by atoms with Crippen molar-refractivity contribution in [2.75, 3.05) is 13.6 Å². The molecular weight excluding hydrogens is 374 g/mol. The number of carboxylic acids is 1. The number of benzene rings is 2. The fourth-order valence-electron chi connectivity index (χ4n) is 3.03. The van der Waals surface area contributed by atoms with Gasteiger partial charge in [0.2, 0.25) is 5.91 Å². The molecule has 3 aromatic rings. The van der Waals surface area contributed by atoms with Crippen molar-refractivity contribution in [2.24, 2.45) is 0 Å². The molecule has 0 radical (unpaired) electrons. The van der Waals surface area contributed by atoms with Gasteiger partial charge in [-0.25, -0.2) is 0 Å². The smallest absolute Gasteiger partial charge is 0.303 e. The fraction of sp³-hybridized carbons (Fsp3) is 0.273. The van der Waals surface area contributed by atoms with E-state index in [1.54, 1.807) is 23.3 Å². The third-order valence-corrected chi connectivity index (χ3v) is 5.55. The van der Waals surface area contributed by atoms with Crippen LogP contribution in [-0.2, 0) is 9.59 Å². The molecule has 0 spiro atoms. The van der Waals surface area contributed by atoms with Gasteiger partial charge in [0.25, 0.3) is 0 Å². The lowest BCUT2D eigenvalue weighted by molar-refractivity contribution is -0.140. The van der Waals surface area contributed by atoms with Crippen molar-refractivity contribution in [2.45, 2.75) is 25.4 Å². The maximum Gasteiger partial charge on any atom is 0.303 e. The molecule has 0 aliphatic carbocycles. The SMILES string of the molecule is CN(CC[C@@H](Oc1cccc2ccccc12)c1cccs1)C(=O)CCC(=O)O. The zero-order valence-electron chi connectivity index (χ0n) is 15.7. The van der Waals surface area contributed by atoms with Gasteiger partial charge in [-0.05, 0) is 22.9 Å². The number of carboxylic acid groups (broad SMARTS) is 1. The van der Waals surface area contributed by atoms with Gasteiger partial charge >= 0.3 is 5.97 Å². The average molecular weight is 397 g/mol. The second-order valence-electron chi connectivity index (χ2n) is 6.60. The number of ether oxygens (including phenoxy) is 1. The zero-order chi connectivity index (χ0) is 19.9. The van der Waals surface area contributed by atoms with E-state index in [0.29, 0.717) is 13.0 Å². The number of carbonyl (C=O) groups is 2. The molecule has 0 aliphatic rings. The van der Waals surface area contributed by atoms with Crippen LogP contribution in [0.25, 0.3) is 10.8 Å². The predicted molar refractivity (Wildman–Crippen MR) is 111 cm³/mol. The zero-order valence-corrected chi connectivity index (χ0v) is 16.5. The molecule has 0 aliphatic heterocycles. The number of hydrogen-bond donors (Lipinski definition) is 1. The largest absolute Gasteiger partial charge is 0.484 e. The van der Waals surface area contributed by atoms with Crippen molar-refractivity contribution >= 4 is 34.0 Å². The summed E-state index contributed by atoms with van der Waals surface area (Å²) in [5, 5.41) is 12.9. The minimum atomic E-state index is -0.961. The molecule has 0 fully saturated rings. The van der Waals surface area contributed by atoms with E-state index in [1.165, 1.54) is 0 Å². The van der Waals surface area contributed by atoms with Crippen LogP contribution in [-0.4, -0.2) is 35.5 Å². The van der Waals surface area contributed by atoms with Crippen LogP contribution < -0.4 is 4.74 Å². The highest BCUT2D eigenvalue weighted by molar-refractivity contribution is 7.10. The molecule has 1 N–H and O–H groups in total. The maximum atomic E-state index is 12.1. The van der Waals surface area contributed by atoms with Crippen LogP contribution in [0, 0.1) is 0 Å². The highest BCUT2D eigenvalue weighted by atomic mass is 32.1. The minimum absolute atomic E-state index is 0.0136. The molecule has 6 heteroatoms. The second kappa shape index (κ2) is 9.37. The Morgan fingerprint density at radius 1 is 1.07 bits per heavy atom. The summed E-state index contributed by atoms with van der Waals surface area (Å²) in [7, 11) is 1.70. The Morgan fingerprint density at radius 2 is 1.86 bits per heavy atom. The fourth-order valence-corrected chi connectivity index (χ4v) is 3.81. The topological polar surface area (TPSA) is 66.8 Å². The normalized spacial score (nSPS) is 11.9. The van der Waals surface area contributed by atoms with E-state index in [4.69, 9.17) is 9.84 Å². The summed E-state index contributed by atoms with van der Waals surface area (Å²) >= 11 is 1.62. The number of carbonyl (C=O) groups excluding carboxylic acids is 1. The molecule has 3 rings (SSSR count). The predicted octanol–water partition coefficient (Wildman–Crippen LogP) is 4.73. The van der Waals surface area contributed by atoms with Gasteiger partial charge in [0, 0.05) is 36.7 Å². The Labute approximate surface area is 168 Å². The summed E-state index contributed by atoms with van der Waals surface area (Å²) in [4.78, 5) is 25.4.